The molecule has 1 heterocycles. The van der Waals surface area contributed by atoms with Gasteiger partial charge in [0.2, 0.25) is 0 Å². The van der Waals surface area contributed by atoms with Gasteiger partial charge in [-0.25, -0.2) is 0 Å². The molecule has 1 fully saturated rings. The quantitative estimate of drug-likeness (QED) is 0.483. The van der Waals surface area contributed by atoms with Crippen LogP contribution in [0.2, 0.25) is 0 Å². The highest BCUT2D eigenvalue weighted by molar-refractivity contribution is 14.1. The van der Waals surface area contributed by atoms with Crippen LogP contribution >= 0.6 is 22.6 Å². The highest BCUT2D eigenvalue weighted by atomic mass is 127. The van der Waals surface area contributed by atoms with E-state index in [-0.39, 0.29) is 12.1 Å². The molecule has 0 radical (unpaired) electrons. The fourth-order valence-corrected chi connectivity index (χ4v) is 1.55. The maximum atomic E-state index is 9.06. The van der Waals surface area contributed by atoms with Crippen molar-refractivity contribution < 1.29 is 9.84 Å². The Labute approximate surface area is 74.1 Å². The topological polar surface area (TPSA) is 55.5 Å². The van der Waals surface area contributed by atoms with Gasteiger partial charge in [0.25, 0.3) is 0 Å². The van der Waals surface area contributed by atoms with Crippen LogP contribution in [-0.2, 0) is 4.74 Å². The fourth-order valence-electron chi connectivity index (χ4n) is 1.09. The number of halogens is 1. The van der Waals surface area contributed by atoms with Crippen molar-refractivity contribution in [2.45, 2.75) is 35.7 Å². The second-order valence-corrected chi connectivity index (χ2v) is 4.08. The van der Waals surface area contributed by atoms with Crippen LogP contribution in [0.1, 0.15) is 13.3 Å². The van der Waals surface area contributed by atoms with Gasteiger partial charge >= 0.3 is 0 Å². The molecule has 0 aromatic rings. The first-order valence-electron chi connectivity index (χ1n) is 3.34. The Bertz CT molecular complexity index is 110. The van der Waals surface area contributed by atoms with Gasteiger partial charge in [0.15, 0.2) is 6.29 Å². The largest absolute Gasteiger partial charge is 0.368 e. The minimum Gasteiger partial charge on any atom is -0.368 e. The van der Waals surface area contributed by atoms with Gasteiger partial charge in [-0.3, -0.25) is 0 Å². The minimum absolute atomic E-state index is 0.0688. The van der Waals surface area contributed by atoms with Gasteiger partial charge in [-0.05, 0) is 6.92 Å². The third kappa shape index (κ3) is 1.81. The Balaban J connectivity index is 2.49. The maximum Gasteiger partial charge on any atom is 0.156 e. The Morgan fingerprint density at radius 3 is 2.80 bits per heavy atom. The number of nitrogens with two attached hydrogens (primary N) is 1. The van der Waals surface area contributed by atoms with Crippen LogP contribution in [0.15, 0.2) is 0 Å². The Kier molecular flexibility index (Phi) is 2.91. The first-order valence-corrected chi connectivity index (χ1v) is 4.59. The van der Waals surface area contributed by atoms with Crippen molar-refractivity contribution in [2.24, 2.45) is 5.73 Å². The normalized spacial score (nSPS) is 49.2. The van der Waals surface area contributed by atoms with E-state index in [0.29, 0.717) is 10.3 Å². The molecule has 0 bridgehead atoms. The monoisotopic (exact) mass is 257 g/mol. The lowest BCUT2D eigenvalue weighted by atomic mass is 10.0. The van der Waals surface area contributed by atoms with Crippen molar-refractivity contribution in [1.29, 1.82) is 0 Å². The summed E-state index contributed by atoms with van der Waals surface area (Å²) in [6.07, 6.45) is -0.0341. The predicted octanol–water partition coefficient (Wildman–Crippen LogP) is 0.244. The first kappa shape index (κ1) is 8.70. The smallest absolute Gasteiger partial charge is 0.156 e. The van der Waals surface area contributed by atoms with Crippen molar-refractivity contribution in [3.05, 3.63) is 0 Å². The molecule has 4 heteroatoms. The van der Waals surface area contributed by atoms with Crippen molar-refractivity contribution in [2.75, 3.05) is 0 Å². The van der Waals surface area contributed by atoms with E-state index in [2.05, 4.69) is 22.6 Å². The molecule has 0 spiro atoms. The van der Waals surface area contributed by atoms with Crippen LogP contribution in [0, 0.1) is 0 Å². The first-order chi connectivity index (χ1) is 4.61. The SMILES string of the molecule is C[C@@H]1O[C@@H](O)C[C@H](N)[C@@H]1I. The van der Waals surface area contributed by atoms with E-state index in [0.717, 1.165) is 0 Å². The highest BCUT2D eigenvalue weighted by Gasteiger charge is 2.31. The van der Waals surface area contributed by atoms with Gasteiger partial charge in [-0.1, -0.05) is 22.6 Å². The van der Waals surface area contributed by atoms with E-state index in [9.17, 15) is 0 Å². The predicted molar refractivity (Wildman–Crippen MR) is 47.0 cm³/mol. The zero-order chi connectivity index (χ0) is 7.72. The summed E-state index contributed by atoms with van der Waals surface area (Å²) >= 11 is 2.26. The van der Waals surface area contributed by atoms with Gasteiger partial charge in [-0.2, -0.15) is 0 Å². The summed E-state index contributed by atoms with van der Waals surface area (Å²) in [6, 6.07) is 0.0688. The number of alkyl halides is 1. The Hall–Kier alpha value is 0.610. The van der Waals surface area contributed by atoms with Gasteiger partial charge in [-0.15, -0.1) is 0 Å². The summed E-state index contributed by atoms with van der Waals surface area (Å²) in [5.74, 6) is 0. The van der Waals surface area contributed by atoms with E-state index < -0.39 is 6.29 Å². The van der Waals surface area contributed by atoms with Crippen LogP contribution in [0.25, 0.3) is 0 Å². The second kappa shape index (κ2) is 3.34. The lowest BCUT2D eigenvalue weighted by molar-refractivity contribution is -0.156. The number of aliphatic hydroxyl groups is 1. The molecular weight excluding hydrogens is 245 g/mol. The molecule has 3 nitrogen and oxygen atoms in total. The molecule has 1 aliphatic heterocycles. The van der Waals surface area contributed by atoms with Crippen LogP contribution < -0.4 is 5.73 Å². The van der Waals surface area contributed by atoms with Crippen molar-refractivity contribution in [1.82, 2.24) is 0 Å². The summed E-state index contributed by atoms with van der Waals surface area (Å²) in [7, 11) is 0. The van der Waals surface area contributed by atoms with E-state index in [4.69, 9.17) is 15.6 Å². The van der Waals surface area contributed by atoms with Crippen LogP contribution in [-0.4, -0.2) is 27.5 Å². The van der Waals surface area contributed by atoms with Crippen LogP contribution in [0.4, 0.5) is 0 Å². The molecule has 0 unspecified atom stereocenters. The van der Waals surface area contributed by atoms with E-state index in [1.54, 1.807) is 0 Å². The van der Waals surface area contributed by atoms with Gasteiger partial charge < -0.3 is 15.6 Å². The molecule has 0 aromatic carbocycles. The standard InChI is InChI=1S/C6H12INO2/c1-3-6(7)4(8)2-5(9)10-3/h3-6,9H,2,8H2,1H3/t3-,4-,5+,6+/m0/s1. The molecule has 0 amide bonds. The number of aliphatic hydroxyl groups excluding tert-OH is 1. The summed E-state index contributed by atoms with van der Waals surface area (Å²) in [5, 5.41) is 9.06. The van der Waals surface area contributed by atoms with E-state index in [1.807, 2.05) is 6.92 Å². The third-order valence-electron chi connectivity index (χ3n) is 1.70. The second-order valence-electron chi connectivity index (χ2n) is 2.64. The molecule has 3 N–H and O–H groups in total. The number of rotatable bonds is 0. The lowest BCUT2D eigenvalue weighted by Crippen LogP contribution is -2.47. The zero-order valence-electron chi connectivity index (χ0n) is 5.83. The van der Waals surface area contributed by atoms with Gasteiger partial charge in [0.1, 0.15) is 0 Å². The average molecular weight is 257 g/mol. The molecule has 0 aliphatic carbocycles. The van der Waals surface area contributed by atoms with Crippen molar-refractivity contribution in [3.63, 3.8) is 0 Å². The summed E-state index contributed by atoms with van der Waals surface area (Å²) < 4.78 is 5.46. The highest BCUT2D eigenvalue weighted by Crippen LogP contribution is 2.23. The molecule has 0 saturated carbocycles. The molecule has 10 heavy (non-hydrogen) atoms. The molecule has 0 aromatic heterocycles. The van der Waals surface area contributed by atoms with Gasteiger partial charge in [0.05, 0.1) is 10.0 Å². The van der Waals surface area contributed by atoms with Crippen LogP contribution in [0.5, 0.6) is 0 Å². The number of ether oxygens (including phenoxy) is 1. The third-order valence-corrected chi connectivity index (χ3v) is 3.64. The molecular formula is C6H12INO2. The van der Waals surface area contributed by atoms with E-state index in [1.165, 1.54) is 0 Å². The van der Waals surface area contributed by atoms with Crippen molar-refractivity contribution >= 4 is 22.6 Å². The van der Waals surface area contributed by atoms with Gasteiger partial charge in [0, 0.05) is 12.5 Å². The Morgan fingerprint density at radius 2 is 2.30 bits per heavy atom. The average Bonchev–Trinajstić information content (AvgIpc) is 1.82. The number of hydrogen-bond donors (Lipinski definition) is 2. The summed E-state index contributed by atoms with van der Waals surface area (Å²) in [5.41, 5.74) is 5.71. The number of hydrogen-bond acceptors (Lipinski definition) is 3. The molecule has 1 rings (SSSR count). The van der Waals surface area contributed by atoms with Crippen molar-refractivity contribution in [3.8, 4) is 0 Å². The Morgan fingerprint density at radius 1 is 1.70 bits per heavy atom. The van der Waals surface area contributed by atoms with E-state index >= 15 is 0 Å². The summed E-state index contributed by atoms with van der Waals surface area (Å²) in [4.78, 5) is 0. The molecule has 1 saturated heterocycles. The molecule has 1 aliphatic rings. The molecule has 60 valence electrons. The fraction of sp³-hybridized carbons (Fsp3) is 1.00. The summed E-state index contributed by atoms with van der Waals surface area (Å²) in [6.45, 7) is 1.93. The molecule has 4 atom stereocenters. The minimum atomic E-state index is -0.656. The lowest BCUT2D eigenvalue weighted by Gasteiger charge is -2.33. The zero-order valence-corrected chi connectivity index (χ0v) is 7.98. The van der Waals surface area contributed by atoms with Crippen LogP contribution in [0.3, 0.4) is 0 Å². The maximum absolute atomic E-state index is 9.06.